The molecule has 0 aliphatic carbocycles. The molecule has 0 saturated carbocycles. The molecule has 1 radical (unpaired) electrons. The van der Waals surface area contributed by atoms with Crippen LogP contribution in [0, 0.1) is 0 Å². The average molecular weight is 235 g/mol. The fourth-order valence-corrected chi connectivity index (χ4v) is 0.615. The van der Waals surface area contributed by atoms with Crippen molar-refractivity contribution in [2.45, 2.75) is 24.4 Å². The number of carboxylic acids is 1. The summed E-state index contributed by atoms with van der Waals surface area (Å²) in [5.41, 5.74) is 0. The second kappa shape index (κ2) is 9.19. The summed E-state index contributed by atoms with van der Waals surface area (Å²) < 4.78 is 0. The summed E-state index contributed by atoms with van der Waals surface area (Å²) in [6, 6.07) is 0. The molecule has 0 aromatic carbocycles. The normalized spacial score (nSPS) is 17.3. The van der Waals surface area contributed by atoms with E-state index < -0.39 is 30.4 Å². The molecule has 0 aliphatic rings. The van der Waals surface area contributed by atoms with Crippen LogP contribution in [-0.4, -0.2) is 97.2 Å². The molecule has 9 heteroatoms. The average Bonchev–Trinajstić information content (AvgIpc) is 2.12. The van der Waals surface area contributed by atoms with Crippen molar-refractivity contribution in [3.63, 3.8) is 0 Å². The minimum atomic E-state index is -2.25. The van der Waals surface area contributed by atoms with Crippen LogP contribution in [-0.2, 0) is 9.59 Å². The minimum Gasteiger partial charge on any atom is -0.479 e. The van der Waals surface area contributed by atoms with Crippen molar-refractivity contribution in [2.75, 3.05) is 0 Å². The van der Waals surface area contributed by atoms with Crippen LogP contribution in [0.15, 0.2) is 0 Å². The molecule has 0 rings (SSSR count). The molecule has 0 aromatic rings. The molecule has 85 valence electrons. The van der Waals surface area contributed by atoms with Crippen LogP contribution < -0.4 is 0 Å². The SMILES string of the molecule is O.O=C[C@H](O)[C@@H](O)[C@H](O)[C@H](O)C(=O)O.[Na]. The molecule has 8 nitrogen and oxygen atoms in total. The van der Waals surface area contributed by atoms with Crippen molar-refractivity contribution in [2.24, 2.45) is 0 Å². The number of hydrogen-bond donors (Lipinski definition) is 5. The van der Waals surface area contributed by atoms with E-state index in [0.717, 1.165) is 0 Å². The smallest absolute Gasteiger partial charge is 0.335 e. The van der Waals surface area contributed by atoms with Crippen LogP contribution in [0.25, 0.3) is 0 Å². The predicted octanol–water partition coefficient (Wildman–Crippen LogP) is -4.49. The van der Waals surface area contributed by atoms with Crippen LogP contribution in [0.1, 0.15) is 0 Å². The first-order valence-corrected chi connectivity index (χ1v) is 3.32. The number of carbonyl (C=O) groups excluding carboxylic acids is 1. The summed E-state index contributed by atoms with van der Waals surface area (Å²) in [4.78, 5) is 20.0. The molecular formula is C6H12NaO8. The molecule has 0 bridgehead atoms. The summed E-state index contributed by atoms with van der Waals surface area (Å²) in [5, 5.41) is 43.2. The van der Waals surface area contributed by atoms with E-state index in [9.17, 15) is 9.59 Å². The number of aldehydes is 1. The van der Waals surface area contributed by atoms with Crippen molar-refractivity contribution in [1.82, 2.24) is 0 Å². The van der Waals surface area contributed by atoms with E-state index in [4.69, 9.17) is 25.5 Å². The van der Waals surface area contributed by atoms with Gasteiger partial charge in [-0.1, -0.05) is 0 Å². The summed E-state index contributed by atoms with van der Waals surface area (Å²) in [7, 11) is 0. The van der Waals surface area contributed by atoms with Gasteiger partial charge in [-0.05, 0) is 0 Å². The van der Waals surface area contributed by atoms with E-state index in [0.29, 0.717) is 0 Å². The maximum Gasteiger partial charge on any atom is 0.335 e. The van der Waals surface area contributed by atoms with Gasteiger partial charge in [-0.2, -0.15) is 0 Å². The Morgan fingerprint density at radius 1 is 1.07 bits per heavy atom. The molecule has 0 unspecified atom stereocenters. The van der Waals surface area contributed by atoms with Crippen molar-refractivity contribution in [1.29, 1.82) is 0 Å². The monoisotopic (exact) mass is 235 g/mol. The van der Waals surface area contributed by atoms with Gasteiger partial charge in [0.1, 0.15) is 18.3 Å². The number of aliphatic hydroxyl groups is 4. The first kappa shape index (κ1) is 20.4. The Bertz CT molecular complexity index is 198. The third-order valence-corrected chi connectivity index (χ3v) is 1.42. The first-order valence-electron chi connectivity index (χ1n) is 3.32. The van der Waals surface area contributed by atoms with Gasteiger partial charge in [0.15, 0.2) is 12.4 Å². The Labute approximate surface area is 107 Å². The summed E-state index contributed by atoms with van der Waals surface area (Å²) in [6.07, 6.45) is -8.39. The van der Waals surface area contributed by atoms with Crippen molar-refractivity contribution in [3.8, 4) is 0 Å². The maximum absolute atomic E-state index is 10.1. The molecule has 7 N–H and O–H groups in total. The van der Waals surface area contributed by atoms with E-state index in [1.54, 1.807) is 0 Å². The molecule has 0 spiro atoms. The van der Waals surface area contributed by atoms with Gasteiger partial charge in [-0.15, -0.1) is 0 Å². The van der Waals surface area contributed by atoms with Gasteiger partial charge in [0, 0.05) is 29.6 Å². The van der Waals surface area contributed by atoms with E-state index in [1.807, 2.05) is 0 Å². The van der Waals surface area contributed by atoms with Gasteiger partial charge in [0.05, 0.1) is 0 Å². The molecule has 0 aromatic heterocycles. The van der Waals surface area contributed by atoms with Crippen molar-refractivity contribution in [3.05, 3.63) is 0 Å². The zero-order valence-electron chi connectivity index (χ0n) is 7.94. The maximum atomic E-state index is 10.1. The molecule has 0 amide bonds. The second-order valence-corrected chi connectivity index (χ2v) is 2.39. The largest absolute Gasteiger partial charge is 0.479 e. The molecule has 0 aliphatic heterocycles. The number of carboxylic acid groups (broad SMARTS) is 1. The molecule has 0 fully saturated rings. The van der Waals surface area contributed by atoms with Gasteiger partial charge < -0.3 is 35.8 Å². The number of carbonyl (C=O) groups is 2. The van der Waals surface area contributed by atoms with Gasteiger partial charge in [0.25, 0.3) is 0 Å². The molecule has 0 heterocycles. The third kappa shape index (κ3) is 6.17. The number of aliphatic hydroxyl groups excluding tert-OH is 4. The van der Waals surface area contributed by atoms with Gasteiger partial charge in [-0.25, -0.2) is 4.79 Å². The van der Waals surface area contributed by atoms with E-state index in [-0.39, 0.29) is 41.3 Å². The minimum absolute atomic E-state index is 0. The zero-order chi connectivity index (χ0) is 10.6. The summed E-state index contributed by atoms with van der Waals surface area (Å²) >= 11 is 0. The van der Waals surface area contributed by atoms with Gasteiger partial charge in [-0.3, -0.25) is 0 Å². The Kier molecular flexibility index (Phi) is 12.5. The Hall–Kier alpha value is -0.0600. The van der Waals surface area contributed by atoms with Crippen LogP contribution in [0.3, 0.4) is 0 Å². The van der Waals surface area contributed by atoms with E-state index in [1.165, 1.54) is 0 Å². The van der Waals surface area contributed by atoms with E-state index in [2.05, 4.69) is 0 Å². The third-order valence-electron chi connectivity index (χ3n) is 1.42. The van der Waals surface area contributed by atoms with Crippen LogP contribution in [0.5, 0.6) is 0 Å². The van der Waals surface area contributed by atoms with Gasteiger partial charge in [0.2, 0.25) is 0 Å². The second-order valence-electron chi connectivity index (χ2n) is 2.39. The fourth-order valence-electron chi connectivity index (χ4n) is 0.615. The van der Waals surface area contributed by atoms with E-state index >= 15 is 0 Å². The summed E-state index contributed by atoms with van der Waals surface area (Å²) in [5.74, 6) is -1.76. The molecular weight excluding hydrogens is 223 g/mol. The Balaban J connectivity index is -0.000000720. The van der Waals surface area contributed by atoms with Crippen LogP contribution in [0.2, 0.25) is 0 Å². The van der Waals surface area contributed by atoms with Crippen molar-refractivity contribution < 1.29 is 40.6 Å². The quantitative estimate of drug-likeness (QED) is 0.236. The van der Waals surface area contributed by atoms with Crippen LogP contribution in [0.4, 0.5) is 0 Å². The molecule has 4 atom stereocenters. The molecule has 0 saturated heterocycles. The zero-order valence-corrected chi connectivity index (χ0v) is 9.94. The topological polar surface area (TPSA) is 167 Å². The summed E-state index contributed by atoms with van der Waals surface area (Å²) in [6.45, 7) is 0. The van der Waals surface area contributed by atoms with Crippen LogP contribution >= 0.6 is 0 Å². The molecule has 15 heavy (non-hydrogen) atoms. The number of rotatable bonds is 5. The standard InChI is InChI=1S/C6H10O7.Na.H2O/c7-1-2(8)3(9)4(10)5(11)6(12)13;;/h1-5,8-11H,(H,12,13);;1H2/t2-,3+,4-,5-;;/m0../s1. The first-order chi connectivity index (χ1) is 5.91. The number of hydrogen-bond acceptors (Lipinski definition) is 6. The number of aliphatic carboxylic acids is 1. The van der Waals surface area contributed by atoms with Crippen molar-refractivity contribution >= 4 is 41.8 Å². The predicted molar refractivity (Wildman–Crippen MR) is 47.1 cm³/mol. The van der Waals surface area contributed by atoms with Gasteiger partial charge >= 0.3 is 5.97 Å². The Morgan fingerprint density at radius 2 is 1.47 bits per heavy atom. The Morgan fingerprint density at radius 3 is 1.73 bits per heavy atom. The fraction of sp³-hybridized carbons (Fsp3) is 0.667.